The average molecular weight is 262 g/mol. The van der Waals surface area contributed by atoms with Gasteiger partial charge in [-0.3, -0.25) is 19.7 Å². The van der Waals surface area contributed by atoms with Gasteiger partial charge >= 0.3 is 0 Å². The number of carbonyl (C=O) groups excluding carboxylic acids is 3. The molecule has 1 heterocycles. The molecule has 0 aromatic heterocycles. The Balaban J connectivity index is 2.16. The Morgan fingerprint density at radius 1 is 1.32 bits per heavy atom. The maximum Gasteiger partial charge on any atom is 0.254 e. The normalized spacial score (nSPS) is 15.3. The van der Waals surface area contributed by atoms with Crippen LogP contribution in [0.4, 0.5) is 0 Å². The predicted molar refractivity (Wildman–Crippen MR) is 66.2 cm³/mol. The van der Waals surface area contributed by atoms with Crippen molar-refractivity contribution in [3.05, 3.63) is 35.4 Å². The highest BCUT2D eigenvalue weighted by atomic mass is 16.5. The van der Waals surface area contributed by atoms with Gasteiger partial charge < -0.3 is 9.64 Å². The fourth-order valence-electron chi connectivity index (χ4n) is 1.92. The van der Waals surface area contributed by atoms with Gasteiger partial charge in [-0.1, -0.05) is 12.1 Å². The highest BCUT2D eigenvalue weighted by Gasteiger charge is 2.27. The van der Waals surface area contributed by atoms with Gasteiger partial charge in [0, 0.05) is 12.7 Å². The lowest BCUT2D eigenvalue weighted by Crippen LogP contribution is -2.53. The minimum Gasteiger partial charge on any atom is -0.380 e. The topological polar surface area (TPSA) is 75.7 Å². The Morgan fingerprint density at radius 2 is 2.00 bits per heavy atom. The third kappa shape index (κ3) is 3.17. The van der Waals surface area contributed by atoms with Gasteiger partial charge in [-0.15, -0.1) is 0 Å². The van der Waals surface area contributed by atoms with Crippen molar-refractivity contribution in [2.24, 2.45) is 0 Å². The van der Waals surface area contributed by atoms with Crippen molar-refractivity contribution in [3.63, 3.8) is 0 Å². The smallest absolute Gasteiger partial charge is 0.254 e. The van der Waals surface area contributed by atoms with Gasteiger partial charge in [-0.05, 0) is 17.7 Å². The number of amides is 3. The second-order valence-electron chi connectivity index (χ2n) is 4.27. The first-order valence-corrected chi connectivity index (χ1v) is 5.80. The van der Waals surface area contributed by atoms with Crippen LogP contribution in [-0.2, 0) is 20.9 Å². The number of hydrogen-bond acceptors (Lipinski definition) is 4. The van der Waals surface area contributed by atoms with Crippen molar-refractivity contribution >= 4 is 17.7 Å². The summed E-state index contributed by atoms with van der Waals surface area (Å²) in [4.78, 5) is 35.9. The molecular formula is C13H14N2O4. The number of benzene rings is 1. The van der Waals surface area contributed by atoms with E-state index in [1.54, 1.807) is 25.3 Å². The summed E-state index contributed by atoms with van der Waals surface area (Å²) in [6.07, 6.45) is 0. The van der Waals surface area contributed by atoms with Gasteiger partial charge in [0.15, 0.2) is 0 Å². The average Bonchev–Trinajstić information content (AvgIpc) is 2.37. The standard InChI is InChI=1S/C13H14N2O4/c1-19-8-9-3-2-4-10(5-9)13(18)15-6-11(16)14-12(17)7-15/h2-5H,6-8H2,1H3,(H,14,16,17). The van der Waals surface area contributed by atoms with Crippen LogP contribution < -0.4 is 5.32 Å². The first-order chi connectivity index (χ1) is 9.10. The second kappa shape index (κ2) is 5.62. The van der Waals surface area contributed by atoms with Crippen LogP contribution in [-0.4, -0.2) is 42.8 Å². The van der Waals surface area contributed by atoms with Crippen molar-refractivity contribution in [1.29, 1.82) is 0 Å². The Kier molecular flexibility index (Phi) is 3.91. The molecule has 1 aromatic carbocycles. The summed E-state index contributed by atoms with van der Waals surface area (Å²) in [5.74, 6) is -1.25. The van der Waals surface area contributed by atoms with E-state index in [-0.39, 0.29) is 19.0 Å². The minimum absolute atomic E-state index is 0.0981. The van der Waals surface area contributed by atoms with E-state index in [0.29, 0.717) is 12.2 Å². The van der Waals surface area contributed by atoms with E-state index in [4.69, 9.17) is 4.74 Å². The van der Waals surface area contributed by atoms with Crippen LogP contribution in [0, 0.1) is 0 Å². The maximum atomic E-state index is 12.2. The first kappa shape index (κ1) is 13.2. The molecule has 3 amide bonds. The highest BCUT2D eigenvalue weighted by molar-refractivity contribution is 6.05. The Morgan fingerprint density at radius 3 is 2.63 bits per heavy atom. The number of hydrogen-bond donors (Lipinski definition) is 1. The van der Waals surface area contributed by atoms with Crippen LogP contribution in [0.5, 0.6) is 0 Å². The molecule has 6 heteroatoms. The number of piperazine rings is 1. The summed E-state index contributed by atoms with van der Waals surface area (Å²) >= 11 is 0. The molecule has 0 radical (unpaired) electrons. The van der Waals surface area contributed by atoms with Gasteiger partial charge in [0.25, 0.3) is 5.91 Å². The Hall–Kier alpha value is -2.21. The van der Waals surface area contributed by atoms with E-state index in [0.717, 1.165) is 5.56 Å². The molecule has 0 saturated carbocycles. The van der Waals surface area contributed by atoms with E-state index in [1.807, 2.05) is 6.07 Å². The molecule has 2 rings (SSSR count). The lowest BCUT2D eigenvalue weighted by Gasteiger charge is -2.25. The fraction of sp³-hybridized carbons (Fsp3) is 0.308. The Bertz CT molecular complexity index is 511. The molecule has 0 unspecified atom stereocenters. The summed E-state index contributed by atoms with van der Waals surface area (Å²) in [6.45, 7) is 0.207. The minimum atomic E-state index is -0.461. The summed E-state index contributed by atoms with van der Waals surface area (Å²) in [5.41, 5.74) is 1.30. The number of nitrogens with zero attached hydrogens (tertiary/aromatic N) is 1. The third-order valence-corrected chi connectivity index (χ3v) is 2.72. The van der Waals surface area contributed by atoms with Crippen LogP contribution in [0.1, 0.15) is 15.9 Å². The highest BCUT2D eigenvalue weighted by Crippen LogP contribution is 2.10. The number of carbonyl (C=O) groups is 3. The SMILES string of the molecule is COCc1cccc(C(=O)N2CC(=O)NC(=O)C2)c1. The van der Waals surface area contributed by atoms with E-state index in [9.17, 15) is 14.4 Å². The lowest BCUT2D eigenvalue weighted by molar-refractivity contribution is -0.135. The number of rotatable bonds is 3. The van der Waals surface area contributed by atoms with Crippen molar-refractivity contribution in [1.82, 2.24) is 10.2 Å². The molecule has 0 spiro atoms. The van der Waals surface area contributed by atoms with Crippen molar-refractivity contribution < 1.29 is 19.1 Å². The van der Waals surface area contributed by atoms with E-state index >= 15 is 0 Å². The summed E-state index contributed by atoms with van der Waals surface area (Å²) < 4.78 is 5.00. The number of imide groups is 1. The molecule has 0 atom stereocenters. The molecule has 1 saturated heterocycles. The molecule has 1 N–H and O–H groups in total. The van der Waals surface area contributed by atoms with Crippen LogP contribution in [0.2, 0.25) is 0 Å². The monoisotopic (exact) mass is 262 g/mol. The largest absolute Gasteiger partial charge is 0.380 e. The molecule has 1 fully saturated rings. The van der Waals surface area contributed by atoms with Crippen molar-refractivity contribution in [2.75, 3.05) is 20.2 Å². The molecule has 0 bridgehead atoms. The summed E-state index contributed by atoms with van der Waals surface area (Å²) in [6, 6.07) is 6.93. The number of nitrogens with one attached hydrogen (secondary N) is 1. The van der Waals surface area contributed by atoms with Gasteiger partial charge in [0.05, 0.1) is 6.61 Å². The third-order valence-electron chi connectivity index (χ3n) is 2.72. The van der Waals surface area contributed by atoms with Crippen LogP contribution in [0.25, 0.3) is 0 Å². The zero-order valence-electron chi connectivity index (χ0n) is 10.5. The van der Waals surface area contributed by atoms with Gasteiger partial charge in [0.1, 0.15) is 13.1 Å². The molecule has 1 aromatic rings. The molecule has 6 nitrogen and oxygen atoms in total. The zero-order valence-corrected chi connectivity index (χ0v) is 10.5. The van der Waals surface area contributed by atoms with Gasteiger partial charge in [-0.25, -0.2) is 0 Å². The van der Waals surface area contributed by atoms with Crippen molar-refractivity contribution in [3.8, 4) is 0 Å². The van der Waals surface area contributed by atoms with Gasteiger partial charge in [0.2, 0.25) is 11.8 Å². The number of methoxy groups -OCH3 is 1. The second-order valence-corrected chi connectivity index (χ2v) is 4.27. The predicted octanol–water partition coefficient (Wildman–Crippen LogP) is -0.0684. The first-order valence-electron chi connectivity index (χ1n) is 5.80. The lowest BCUT2D eigenvalue weighted by atomic mass is 10.1. The fourth-order valence-corrected chi connectivity index (χ4v) is 1.92. The molecule has 0 aliphatic carbocycles. The van der Waals surface area contributed by atoms with Crippen LogP contribution in [0.3, 0.4) is 0 Å². The number of ether oxygens (including phenoxy) is 1. The summed E-state index contributed by atoms with van der Waals surface area (Å²) in [7, 11) is 1.57. The summed E-state index contributed by atoms with van der Waals surface area (Å²) in [5, 5.41) is 2.16. The molecule has 100 valence electrons. The molecule has 1 aliphatic heterocycles. The van der Waals surface area contributed by atoms with E-state index in [2.05, 4.69) is 5.32 Å². The molecule has 1 aliphatic rings. The maximum absolute atomic E-state index is 12.2. The Labute approximate surface area is 110 Å². The zero-order chi connectivity index (χ0) is 13.8. The van der Waals surface area contributed by atoms with Crippen molar-refractivity contribution in [2.45, 2.75) is 6.61 Å². The quantitative estimate of drug-likeness (QED) is 0.774. The van der Waals surface area contributed by atoms with Crippen LogP contribution >= 0.6 is 0 Å². The van der Waals surface area contributed by atoms with Crippen LogP contribution in [0.15, 0.2) is 24.3 Å². The van der Waals surface area contributed by atoms with Gasteiger partial charge in [-0.2, -0.15) is 0 Å². The van der Waals surface area contributed by atoms with E-state index in [1.165, 1.54) is 4.90 Å². The van der Waals surface area contributed by atoms with E-state index < -0.39 is 11.8 Å². The molecular weight excluding hydrogens is 248 g/mol. The molecule has 19 heavy (non-hydrogen) atoms.